The van der Waals surface area contributed by atoms with Crippen molar-refractivity contribution in [2.45, 2.75) is 58.8 Å². The van der Waals surface area contributed by atoms with E-state index >= 15 is 0 Å². The average molecular weight is 420 g/mol. The van der Waals surface area contributed by atoms with Crippen molar-refractivity contribution in [1.29, 1.82) is 0 Å². The normalized spacial score (nSPS) is 23.6. The molecule has 4 aromatic heterocycles. The molecule has 0 aromatic carbocycles. The summed E-state index contributed by atoms with van der Waals surface area (Å²) in [7, 11) is 0. The lowest BCUT2D eigenvalue weighted by molar-refractivity contribution is 0.449. The van der Waals surface area contributed by atoms with Gasteiger partial charge in [-0.1, -0.05) is 13.8 Å². The third-order valence-corrected chi connectivity index (χ3v) is 9.15. The van der Waals surface area contributed by atoms with E-state index in [1.165, 1.54) is 63.1 Å². The number of piperidine rings is 1. The second kappa shape index (κ2) is 6.17. The summed E-state index contributed by atoms with van der Waals surface area (Å²) < 4.78 is 1.91. The first-order valence-electron chi connectivity index (χ1n) is 11.1. The smallest absolute Gasteiger partial charge is 0.158 e. The molecule has 1 aliphatic heterocycles. The lowest BCUT2D eigenvalue weighted by atomic mass is 9.89. The summed E-state index contributed by atoms with van der Waals surface area (Å²) in [5.41, 5.74) is 9.33. The maximum atomic E-state index is 4.43. The summed E-state index contributed by atoms with van der Waals surface area (Å²) in [6, 6.07) is 0. The largest absolute Gasteiger partial charge is 0.346 e. The molecule has 1 aliphatic carbocycles. The molecule has 6 rings (SSSR count). The minimum atomic E-state index is 0.445. The zero-order valence-corrected chi connectivity index (χ0v) is 19.2. The van der Waals surface area contributed by atoms with E-state index in [2.05, 4.69) is 61.2 Å². The van der Waals surface area contributed by atoms with Gasteiger partial charge in [0.2, 0.25) is 0 Å². The van der Waals surface area contributed by atoms with Crippen molar-refractivity contribution in [3.63, 3.8) is 0 Å². The summed E-state index contributed by atoms with van der Waals surface area (Å²) in [6.45, 7) is 13.7. The van der Waals surface area contributed by atoms with Crippen molar-refractivity contribution < 1.29 is 0 Å². The predicted octanol–water partition coefficient (Wildman–Crippen LogP) is 5.24. The SMILES string of the molecule is Cc1c(-c2[nH]c3sc(C45CCNCC4C5)c(C)c3c2C(C)C)cn2ncnc2c1C. The Bertz CT molecular complexity index is 1310. The van der Waals surface area contributed by atoms with Gasteiger partial charge in [-0.05, 0) is 80.8 Å². The fourth-order valence-electron chi connectivity index (χ4n) is 5.88. The maximum absolute atomic E-state index is 4.43. The highest BCUT2D eigenvalue weighted by Crippen LogP contribution is 2.61. The van der Waals surface area contributed by atoms with Gasteiger partial charge >= 0.3 is 0 Å². The molecule has 1 saturated heterocycles. The molecule has 5 heterocycles. The lowest BCUT2D eigenvalue weighted by Crippen LogP contribution is -2.31. The van der Waals surface area contributed by atoms with Crippen LogP contribution in [0.3, 0.4) is 0 Å². The van der Waals surface area contributed by atoms with Gasteiger partial charge in [0.05, 0.1) is 5.69 Å². The zero-order chi connectivity index (χ0) is 20.8. The van der Waals surface area contributed by atoms with E-state index in [0.29, 0.717) is 11.3 Å². The molecule has 0 spiro atoms. The van der Waals surface area contributed by atoms with E-state index in [0.717, 1.165) is 18.1 Å². The first-order valence-corrected chi connectivity index (χ1v) is 11.9. The van der Waals surface area contributed by atoms with Gasteiger partial charge in [0.25, 0.3) is 0 Å². The summed E-state index contributed by atoms with van der Waals surface area (Å²) in [6.07, 6.45) is 6.43. The van der Waals surface area contributed by atoms with Crippen LogP contribution in [0.2, 0.25) is 0 Å². The van der Waals surface area contributed by atoms with Crippen LogP contribution in [-0.2, 0) is 5.41 Å². The second-order valence-corrected chi connectivity index (χ2v) is 10.7. The number of hydrogen-bond acceptors (Lipinski definition) is 4. The molecule has 2 atom stereocenters. The molecular weight excluding hydrogens is 390 g/mol. The minimum Gasteiger partial charge on any atom is -0.346 e. The van der Waals surface area contributed by atoms with Crippen molar-refractivity contribution >= 4 is 27.2 Å². The van der Waals surface area contributed by atoms with Crippen LogP contribution >= 0.6 is 11.3 Å². The topological polar surface area (TPSA) is 58.0 Å². The number of aryl methyl sites for hydroxylation is 2. The van der Waals surface area contributed by atoms with Crippen LogP contribution in [0.5, 0.6) is 0 Å². The number of nitrogens with zero attached hydrogens (tertiary/aromatic N) is 3. The van der Waals surface area contributed by atoms with E-state index in [4.69, 9.17) is 0 Å². The van der Waals surface area contributed by atoms with Crippen LogP contribution in [-0.4, -0.2) is 32.7 Å². The molecule has 30 heavy (non-hydrogen) atoms. The van der Waals surface area contributed by atoms with Gasteiger partial charge in [-0.25, -0.2) is 9.50 Å². The van der Waals surface area contributed by atoms with Crippen molar-refractivity contribution in [2.24, 2.45) is 5.92 Å². The van der Waals surface area contributed by atoms with E-state index in [1.807, 2.05) is 15.9 Å². The quantitative estimate of drug-likeness (QED) is 0.477. The molecule has 1 saturated carbocycles. The van der Waals surface area contributed by atoms with Gasteiger partial charge in [-0.15, -0.1) is 11.3 Å². The number of nitrogens with one attached hydrogen (secondary N) is 2. The standard InChI is InChI=1S/C24H29N5S/c1-12(2)18-19-15(5)21(24-6-7-25-9-16(24)8-24)30-23(19)28-20(18)17-10-29-22(26-11-27-29)14(4)13(17)3/h10-12,16,25,28H,6-9H2,1-5H3. The molecule has 0 radical (unpaired) electrons. The zero-order valence-electron chi connectivity index (χ0n) is 18.4. The van der Waals surface area contributed by atoms with E-state index in [1.54, 1.807) is 11.2 Å². The summed E-state index contributed by atoms with van der Waals surface area (Å²) >= 11 is 2.02. The van der Waals surface area contributed by atoms with Crippen molar-refractivity contribution in [3.8, 4) is 11.3 Å². The Hall–Kier alpha value is -2.18. The van der Waals surface area contributed by atoms with Crippen molar-refractivity contribution in [2.75, 3.05) is 13.1 Å². The Morgan fingerprint density at radius 2 is 2.03 bits per heavy atom. The summed E-state index contributed by atoms with van der Waals surface area (Å²) in [5.74, 6) is 1.27. The van der Waals surface area contributed by atoms with E-state index in [-0.39, 0.29) is 0 Å². The molecule has 2 aliphatic rings. The van der Waals surface area contributed by atoms with Gasteiger partial charge < -0.3 is 10.3 Å². The number of thiophene rings is 1. The number of hydrogen-bond donors (Lipinski definition) is 2. The molecule has 2 unspecified atom stereocenters. The molecule has 0 bridgehead atoms. The molecule has 2 N–H and O–H groups in total. The van der Waals surface area contributed by atoms with Crippen molar-refractivity contribution in [3.05, 3.63) is 39.7 Å². The number of fused-ring (bicyclic) bond motifs is 3. The summed E-state index contributed by atoms with van der Waals surface area (Å²) in [5, 5.41) is 9.47. The van der Waals surface area contributed by atoms with Crippen LogP contribution in [0.1, 0.15) is 59.7 Å². The van der Waals surface area contributed by atoms with Gasteiger partial charge in [0.1, 0.15) is 11.2 Å². The molecular formula is C24H29N5S. The average Bonchev–Trinajstić information content (AvgIpc) is 3.00. The number of H-pyrrole nitrogens is 1. The van der Waals surface area contributed by atoms with Gasteiger partial charge in [-0.2, -0.15) is 5.10 Å². The van der Waals surface area contributed by atoms with Crippen LogP contribution in [0, 0.1) is 26.7 Å². The molecule has 156 valence electrons. The Kier molecular flexibility index (Phi) is 3.82. The number of rotatable bonds is 3. The fourth-order valence-corrected chi connectivity index (χ4v) is 7.42. The molecule has 0 amide bonds. The van der Waals surface area contributed by atoms with E-state index < -0.39 is 0 Å². The highest BCUT2D eigenvalue weighted by atomic mass is 32.1. The van der Waals surface area contributed by atoms with Gasteiger partial charge in [-0.3, -0.25) is 0 Å². The Balaban J connectivity index is 1.58. The minimum absolute atomic E-state index is 0.445. The van der Waals surface area contributed by atoms with Crippen molar-refractivity contribution in [1.82, 2.24) is 24.9 Å². The summed E-state index contributed by atoms with van der Waals surface area (Å²) in [4.78, 5) is 11.3. The molecule has 5 nitrogen and oxygen atoms in total. The Morgan fingerprint density at radius 3 is 2.80 bits per heavy atom. The highest BCUT2D eigenvalue weighted by molar-refractivity contribution is 7.19. The predicted molar refractivity (Wildman–Crippen MR) is 124 cm³/mol. The van der Waals surface area contributed by atoms with Crippen LogP contribution in [0.15, 0.2) is 12.5 Å². The second-order valence-electron chi connectivity index (χ2n) is 9.66. The van der Waals surface area contributed by atoms with E-state index in [9.17, 15) is 0 Å². The van der Waals surface area contributed by atoms with Gasteiger partial charge in [0, 0.05) is 27.4 Å². The number of aromatic nitrogens is 4. The molecule has 4 aromatic rings. The first kappa shape index (κ1) is 18.6. The maximum Gasteiger partial charge on any atom is 0.158 e. The number of aromatic amines is 1. The Morgan fingerprint density at radius 1 is 1.20 bits per heavy atom. The van der Waals surface area contributed by atoms with Crippen LogP contribution in [0.4, 0.5) is 0 Å². The van der Waals surface area contributed by atoms with Crippen LogP contribution in [0.25, 0.3) is 27.1 Å². The van der Waals surface area contributed by atoms with Gasteiger partial charge in [0.15, 0.2) is 5.65 Å². The first-order chi connectivity index (χ1) is 14.4. The third-order valence-electron chi connectivity index (χ3n) is 7.72. The van der Waals surface area contributed by atoms with Crippen LogP contribution < -0.4 is 5.32 Å². The monoisotopic (exact) mass is 419 g/mol. The third kappa shape index (κ3) is 2.32. The molecule has 2 fully saturated rings. The number of pyridine rings is 1. The molecule has 6 heteroatoms. The fraction of sp³-hybridized carbons (Fsp3) is 0.500. The lowest BCUT2D eigenvalue weighted by Gasteiger charge is -2.23. The highest BCUT2D eigenvalue weighted by Gasteiger charge is 2.57. The Labute approximate surface area is 180 Å².